The van der Waals surface area contributed by atoms with Gasteiger partial charge in [0.1, 0.15) is 5.82 Å². The second-order valence-electron chi connectivity index (χ2n) is 10.5. The Morgan fingerprint density at radius 3 is 2.30 bits per heavy atom. The van der Waals surface area contributed by atoms with Crippen LogP contribution in [0.5, 0.6) is 0 Å². The molecule has 0 radical (unpaired) electrons. The molecule has 3 N–H and O–H groups in total. The molecule has 7 nitrogen and oxygen atoms in total. The van der Waals surface area contributed by atoms with Crippen LogP contribution in [0.2, 0.25) is 0 Å². The van der Waals surface area contributed by atoms with Gasteiger partial charge in [0, 0.05) is 59.1 Å². The van der Waals surface area contributed by atoms with Crippen LogP contribution < -0.4 is 20.3 Å². The van der Waals surface area contributed by atoms with Crippen LogP contribution in [0, 0.1) is 0 Å². The minimum Gasteiger partial charge on any atom is -0.369 e. The average Bonchev–Trinajstić information content (AvgIpc) is 2.88. The van der Waals surface area contributed by atoms with E-state index in [1.807, 2.05) is 24.3 Å². The highest BCUT2D eigenvalue weighted by molar-refractivity contribution is 7.97. The maximum atomic E-state index is 4.86. The Bertz CT molecular complexity index is 1340. The minimum absolute atomic E-state index is 0.0280. The number of nitrogens with one attached hydrogen (secondary N) is 3. The van der Waals surface area contributed by atoms with Gasteiger partial charge in [-0.2, -0.15) is 4.98 Å². The summed E-state index contributed by atoms with van der Waals surface area (Å²) >= 11 is 1.63. The standard InChI is InChI=1S/C29H35N7S/c1-29(2,3)34-37-24-9-7-8-22(20-24)30-27-25-10-5-6-11-26(25)32-28(33-27)31-21-12-14-23(15-13-21)36-18-16-35(4)17-19-36/h5-15,20,34H,16-19H2,1-4H3,(H2,30,31,32,33). The zero-order valence-electron chi connectivity index (χ0n) is 22.0. The van der Waals surface area contributed by atoms with Crippen molar-refractivity contribution in [3.63, 3.8) is 0 Å². The van der Waals surface area contributed by atoms with Crippen molar-refractivity contribution < 1.29 is 0 Å². The summed E-state index contributed by atoms with van der Waals surface area (Å²) in [4.78, 5) is 15.6. The second kappa shape index (κ2) is 11.0. The lowest BCUT2D eigenvalue weighted by atomic mass is 10.1. The summed E-state index contributed by atoms with van der Waals surface area (Å²) in [7, 11) is 2.18. The molecule has 1 saturated heterocycles. The summed E-state index contributed by atoms with van der Waals surface area (Å²) in [6.07, 6.45) is 0. The first kappa shape index (κ1) is 25.3. The summed E-state index contributed by atoms with van der Waals surface area (Å²) in [5, 5.41) is 7.90. The summed E-state index contributed by atoms with van der Waals surface area (Å²) < 4.78 is 3.47. The number of aromatic nitrogens is 2. The van der Waals surface area contributed by atoms with Crippen LogP contribution in [0.3, 0.4) is 0 Å². The lowest BCUT2D eigenvalue weighted by Crippen LogP contribution is -2.44. The molecule has 1 aliphatic heterocycles. The number of benzene rings is 3. The van der Waals surface area contributed by atoms with Crippen LogP contribution in [-0.4, -0.2) is 53.6 Å². The average molecular weight is 514 g/mol. The van der Waals surface area contributed by atoms with Crippen LogP contribution >= 0.6 is 11.9 Å². The fourth-order valence-electron chi connectivity index (χ4n) is 4.16. The Morgan fingerprint density at radius 1 is 0.784 bits per heavy atom. The van der Waals surface area contributed by atoms with Crippen molar-refractivity contribution in [1.82, 2.24) is 19.6 Å². The van der Waals surface area contributed by atoms with Crippen LogP contribution in [0.1, 0.15) is 20.8 Å². The normalized spacial score (nSPS) is 14.6. The Labute approximate surface area is 223 Å². The molecule has 37 heavy (non-hydrogen) atoms. The maximum absolute atomic E-state index is 4.86. The summed E-state index contributed by atoms with van der Waals surface area (Å²) in [6, 6.07) is 25.0. The van der Waals surface area contributed by atoms with E-state index >= 15 is 0 Å². The van der Waals surface area contributed by atoms with Gasteiger partial charge in [-0.05, 0) is 94.4 Å². The molecule has 0 atom stereocenters. The number of hydrogen-bond acceptors (Lipinski definition) is 8. The molecule has 0 spiro atoms. The van der Waals surface area contributed by atoms with E-state index in [-0.39, 0.29) is 5.54 Å². The molecule has 192 valence electrons. The van der Waals surface area contributed by atoms with Gasteiger partial charge in [-0.1, -0.05) is 18.2 Å². The van der Waals surface area contributed by atoms with Gasteiger partial charge in [-0.3, -0.25) is 4.72 Å². The fraction of sp³-hybridized carbons (Fsp3) is 0.310. The van der Waals surface area contributed by atoms with E-state index < -0.39 is 0 Å². The topological polar surface area (TPSA) is 68.3 Å². The Kier molecular flexibility index (Phi) is 7.50. The number of para-hydroxylation sites is 1. The molecule has 0 amide bonds. The number of piperazine rings is 1. The van der Waals surface area contributed by atoms with Gasteiger partial charge in [0.15, 0.2) is 0 Å². The SMILES string of the molecule is CN1CCN(c2ccc(Nc3nc(Nc4cccc(SNC(C)(C)C)c4)c4ccccc4n3)cc2)CC1. The van der Waals surface area contributed by atoms with Crippen LogP contribution in [0.25, 0.3) is 10.9 Å². The molecule has 8 heteroatoms. The number of fused-ring (bicyclic) bond motifs is 1. The molecule has 1 aromatic heterocycles. The van der Waals surface area contributed by atoms with E-state index in [0.29, 0.717) is 5.95 Å². The van der Waals surface area contributed by atoms with Crippen molar-refractivity contribution in [3.05, 3.63) is 72.8 Å². The highest BCUT2D eigenvalue weighted by atomic mass is 32.2. The van der Waals surface area contributed by atoms with Gasteiger partial charge in [0.05, 0.1) is 5.52 Å². The Morgan fingerprint density at radius 2 is 1.54 bits per heavy atom. The predicted octanol–water partition coefficient (Wildman–Crippen LogP) is 6.26. The van der Waals surface area contributed by atoms with Crippen LogP contribution in [0.15, 0.2) is 77.7 Å². The number of nitrogens with zero attached hydrogens (tertiary/aromatic N) is 4. The Hall–Kier alpha value is -3.33. The quantitative estimate of drug-likeness (QED) is 0.250. The molecular formula is C29H35N7S. The third-order valence-corrected chi connectivity index (χ3v) is 7.37. The van der Waals surface area contributed by atoms with Gasteiger partial charge < -0.3 is 20.4 Å². The lowest BCUT2D eigenvalue weighted by molar-refractivity contribution is 0.313. The minimum atomic E-state index is 0.0280. The van der Waals surface area contributed by atoms with Crippen molar-refractivity contribution in [3.8, 4) is 0 Å². The summed E-state index contributed by atoms with van der Waals surface area (Å²) in [6.45, 7) is 10.8. The van der Waals surface area contributed by atoms with Crippen LogP contribution in [0.4, 0.5) is 28.8 Å². The van der Waals surface area contributed by atoms with E-state index in [4.69, 9.17) is 9.97 Å². The first-order valence-electron chi connectivity index (χ1n) is 12.7. The number of hydrogen-bond donors (Lipinski definition) is 3. The largest absolute Gasteiger partial charge is 0.369 e. The number of rotatable bonds is 7. The Balaban J connectivity index is 1.35. The fourth-order valence-corrected chi connectivity index (χ4v) is 4.92. The van der Waals surface area contributed by atoms with Crippen molar-refractivity contribution in [1.29, 1.82) is 0 Å². The second-order valence-corrected chi connectivity index (χ2v) is 11.4. The van der Waals surface area contributed by atoms with E-state index in [9.17, 15) is 0 Å². The lowest BCUT2D eigenvalue weighted by Gasteiger charge is -2.34. The van der Waals surface area contributed by atoms with E-state index in [2.05, 4.69) is 102 Å². The first-order valence-corrected chi connectivity index (χ1v) is 13.5. The van der Waals surface area contributed by atoms with Crippen molar-refractivity contribution in [2.75, 3.05) is 48.8 Å². The first-order chi connectivity index (χ1) is 17.8. The van der Waals surface area contributed by atoms with E-state index in [0.717, 1.165) is 59.2 Å². The van der Waals surface area contributed by atoms with Crippen LogP contribution in [-0.2, 0) is 0 Å². The zero-order valence-corrected chi connectivity index (χ0v) is 22.8. The molecule has 5 rings (SSSR count). The van der Waals surface area contributed by atoms with Crippen molar-refractivity contribution in [2.45, 2.75) is 31.2 Å². The zero-order chi connectivity index (χ0) is 25.8. The van der Waals surface area contributed by atoms with Gasteiger partial charge in [0.25, 0.3) is 0 Å². The smallest absolute Gasteiger partial charge is 0.229 e. The van der Waals surface area contributed by atoms with Gasteiger partial charge in [-0.25, -0.2) is 4.98 Å². The molecule has 3 aromatic carbocycles. The van der Waals surface area contributed by atoms with E-state index in [1.165, 1.54) is 5.69 Å². The molecular weight excluding hydrogens is 478 g/mol. The molecule has 1 aliphatic rings. The van der Waals surface area contributed by atoms with Gasteiger partial charge in [-0.15, -0.1) is 0 Å². The van der Waals surface area contributed by atoms with Gasteiger partial charge >= 0.3 is 0 Å². The highest BCUT2D eigenvalue weighted by Gasteiger charge is 2.15. The molecule has 0 bridgehead atoms. The summed E-state index contributed by atoms with van der Waals surface area (Å²) in [5.41, 5.74) is 4.11. The predicted molar refractivity (Wildman–Crippen MR) is 157 cm³/mol. The van der Waals surface area contributed by atoms with Crippen molar-refractivity contribution in [2.24, 2.45) is 0 Å². The molecule has 2 heterocycles. The van der Waals surface area contributed by atoms with E-state index in [1.54, 1.807) is 11.9 Å². The third-order valence-electron chi connectivity index (χ3n) is 6.17. The van der Waals surface area contributed by atoms with Gasteiger partial charge in [0.2, 0.25) is 5.95 Å². The molecule has 1 fully saturated rings. The molecule has 0 unspecified atom stereocenters. The summed E-state index contributed by atoms with van der Waals surface area (Å²) in [5.74, 6) is 1.33. The maximum Gasteiger partial charge on any atom is 0.229 e. The molecule has 0 aliphatic carbocycles. The van der Waals surface area contributed by atoms with Crippen molar-refractivity contribution >= 4 is 51.7 Å². The monoisotopic (exact) mass is 513 g/mol. The third kappa shape index (κ3) is 6.71. The highest BCUT2D eigenvalue weighted by Crippen LogP contribution is 2.29. The number of likely N-dealkylation sites (N-methyl/N-ethyl adjacent to an activating group) is 1. The molecule has 4 aromatic rings. The molecule has 0 saturated carbocycles. The number of anilines is 5.